The zero-order valence-corrected chi connectivity index (χ0v) is 10.5. The molecule has 0 spiro atoms. The fourth-order valence-electron chi connectivity index (χ4n) is 1.76. The number of sulfonamides is 1. The van der Waals surface area contributed by atoms with Crippen LogP contribution < -0.4 is 0 Å². The molecule has 0 amide bonds. The van der Waals surface area contributed by atoms with E-state index in [0.717, 1.165) is 12.8 Å². The first-order chi connectivity index (χ1) is 7.43. The highest BCUT2D eigenvalue weighted by Crippen LogP contribution is 2.31. The molecule has 1 aliphatic carbocycles. The maximum Gasteiger partial charge on any atom is 0.248 e. The van der Waals surface area contributed by atoms with Crippen LogP contribution in [0.15, 0.2) is 9.42 Å². The van der Waals surface area contributed by atoms with Crippen molar-refractivity contribution >= 4 is 10.0 Å². The first kappa shape index (κ1) is 11.6. The van der Waals surface area contributed by atoms with Gasteiger partial charge in [-0.25, -0.2) is 12.7 Å². The second kappa shape index (κ2) is 3.85. The summed E-state index contributed by atoms with van der Waals surface area (Å²) >= 11 is 0. The van der Waals surface area contributed by atoms with Crippen molar-refractivity contribution in [1.29, 1.82) is 0 Å². The lowest BCUT2D eigenvalue weighted by atomic mass is 10.4. The van der Waals surface area contributed by atoms with Crippen LogP contribution in [-0.4, -0.2) is 31.5 Å². The SMILES string of the molecule is Cc1noc(C)c1S(=O)(=O)N(C)CC1CC1. The van der Waals surface area contributed by atoms with E-state index in [-0.39, 0.29) is 4.90 Å². The summed E-state index contributed by atoms with van der Waals surface area (Å²) in [6.07, 6.45) is 2.25. The van der Waals surface area contributed by atoms with Gasteiger partial charge < -0.3 is 4.52 Å². The van der Waals surface area contributed by atoms with Gasteiger partial charge in [0.2, 0.25) is 10.0 Å². The van der Waals surface area contributed by atoms with E-state index in [1.807, 2.05) is 0 Å². The van der Waals surface area contributed by atoms with E-state index in [4.69, 9.17) is 4.52 Å². The summed E-state index contributed by atoms with van der Waals surface area (Å²) in [7, 11) is -1.82. The molecule has 6 heteroatoms. The molecule has 5 nitrogen and oxygen atoms in total. The van der Waals surface area contributed by atoms with Crippen LogP contribution in [0.25, 0.3) is 0 Å². The van der Waals surface area contributed by atoms with Gasteiger partial charge in [-0.05, 0) is 32.6 Å². The quantitative estimate of drug-likeness (QED) is 0.801. The molecule has 1 aromatic rings. The highest BCUT2D eigenvalue weighted by atomic mass is 32.2. The van der Waals surface area contributed by atoms with Gasteiger partial charge in [0.25, 0.3) is 0 Å². The van der Waals surface area contributed by atoms with Crippen molar-refractivity contribution in [3.8, 4) is 0 Å². The Kier molecular flexibility index (Phi) is 2.79. The molecule has 0 unspecified atom stereocenters. The van der Waals surface area contributed by atoms with Gasteiger partial charge >= 0.3 is 0 Å². The summed E-state index contributed by atoms with van der Waals surface area (Å²) < 4.78 is 30.7. The summed E-state index contributed by atoms with van der Waals surface area (Å²) in [4.78, 5) is 0.218. The van der Waals surface area contributed by atoms with Gasteiger partial charge in [0.05, 0.1) is 0 Å². The average molecular weight is 244 g/mol. The number of aryl methyl sites for hydroxylation is 2. The Morgan fingerprint density at radius 3 is 2.50 bits per heavy atom. The van der Waals surface area contributed by atoms with E-state index in [9.17, 15) is 8.42 Å². The van der Waals surface area contributed by atoms with E-state index < -0.39 is 10.0 Å². The lowest BCUT2D eigenvalue weighted by molar-refractivity contribution is 0.389. The summed E-state index contributed by atoms with van der Waals surface area (Å²) in [5, 5.41) is 3.68. The van der Waals surface area contributed by atoms with Crippen molar-refractivity contribution in [2.45, 2.75) is 31.6 Å². The van der Waals surface area contributed by atoms with Crippen molar-refractivity contribution in [2.75, 3.05) is 13.6 Å². The maximum atomic E-state index is 12.2. The normalized spacial score (nSPS) is 17.0. The smallest absolute Gasteiger partial charge is 0.248 e. The molecule has 90 valence electrons. The zero-order valence-electron chi connectivity index (χ0n) is 9.73. The van der Waals surface area contributed by atoms with E-state index >= 15 is 0 Å². The first-order valence-electron chi connectivity index (χ1n) is 5.32. The Morgan fingerprint density at radius 2 is 2.06 bits per heavy atom. The molecule has 0 bridgehead atoms. The van der Waals surface area contributed by atoms with Crippen LogP contribution in [0.1, 0.15) is 24.3 Å². The van der Waals surface area contributed by atoms with Crippen LogP contribution in [0, 0.1) is 19.8 Å². The number of hydrogen-bond acceptors (Lipinski definition) is 4. The van der Waals surface area contributed by atoms with Gasteiger partial charge in [-0.1, -0.05) is 5.16 Å². The van der Waals surface area contributed by atoms with Crippen LogP contribution in [0.4, 0.5) is 0 Å². The highest BCUT2D eigenvalue weighted by molar-refractivity contribution is 7.89. The molecule has 1 aromatic heterocycles. The van der Waals surface area contributed by atoms with Crippen molar-refractivity contribution in [1.82, 2.24) is 9.46 Å². The van der Waals surface area contributed by atoms with Gasteiger partial charge in [-0.15, -0.1) is 0 Å². The molecule has 16 heavy (non-hydrogen) atoms. The fourth-order valence-corrected chi connectivity index (χ4v) is 3.29. The number of hydrogen-bond donors (Lipinski definition) is 0. The largest absolute Gasteiger partial charge is 0.360 e. The lowest BCUT2D eigenvalue weighted by Gasteiger charge is -2.16. The summed E-state index contributed by atoms with van der Waals surface area (Å²) in [5.74, 6) is 0.889. The predicted molar refractivity (Wildman–Crippen MR) is 58.5 cm³/mol. The summed E-state index contributed by atoms with van der Waals surface area (Å²) in [5.41, 5.74) is 0.431. The van der Waals surface area contributed by atoms with Crippen LogP contribution in [-0.2, 0) is 10.0 Å². The molecule has 0 radical (unpaired) electrons. The standard InChI is InChI=1S/C10H16N2O3S/c1-7-10(8(2)15-11-7)16(13,14)12(3)6-9-4-5-9/h9H,4-6H2,1-3H3. The molecule has 0 aliphatic heterocycles. The van der Waals surface area contributed by atoms with Crippen LogP contribution in [0.5, 0.6) is 0 Å². The minimum absolute atomic E-state index is 0.218. The molecule has 1 aliphatic rings. The summed E-state index contributed by atoms with van der Waals surface area (Å²) in [6, 6.07) is 0. The highest BCUT2D eigenvalue weighted by Gasteiger charge is 2.32. The third-order valence-corrected chi connectivity index (χ3v) is 4.92. The molecule has 0 saturated heterocycles. The van der Waals surface area contributed by atoms with E-state index in [0.29, 0.717) is 23.9 Å². The van der Waals surface area contributed by atoms with Crippen LogP contribution >= 0.6 is 0 Å². The molecular formula is C10H16N2O3S. The zero-order chi connectivity index (χ0) is 11.9. The molecule has 0 atom stereocenters. The first-order valence-corrected chi connectivity index (χ1v) is 6.76. The molecule has 0 aromatic carbocycles. The van der Waals surface area contributed by atoms with Crippen molar-refractivity contribution in [2.24, 2.45) is 5.92 Å². The minimum atomic E-state index is -3.43. The predicted octanol–water partition coefficient (Wildman–Crippen LogP) is 1.32. The Hall–Kier alpha value is -0.880. The molecule has 0 N–H and O–H groups in total. The molecule has 1 heterocycles. The summed E-state index contributed by atoms with van der Waals surface area (Å²) in [6.45, 7) is 3.86. The number of nitrogens with zero attached hydrogens (tertiary/aromatic N) is 2. The lowest BCUT2D eigenvalue weighted by Crippen LogP contribution is -2.29. The molecule has 1 fully saturated rings. The second-order valence-electron chi connectivity index (χ2n) is 4.38. The van der Waals surface area contributed by atoms with E-state index in [1.54, 1.807) is 20.9 Å². The average Bonchev–Trinajstić information content (AvgIpc) is 2.92. The Bertz CT molecular complexity index is 469. The monoisotopic (exact) mass is 244 g/mol. The van der Waals surface area contributed by atoms with Crippen LogP contribution in [0.2, 0.25) is 0 Å². The Morgan fingerprint density at radius 1 is 1.44 bits per heavy atom. The van der Waals surface area contributed by atoms with Gasteiger partial charge in [0, 0.05) is 13.6 Å². The maximum absolute atomic E-state index is 12.2. The van der Waals surface area contributed by atoms with E-state index in [1.165, 1.54) is 4.31 Å². The topological polar surface area (TPSA) is 63.4 Å². The van der Waals surface area contributed by atoms with Crippen LogP contribution in [0.3, 0.4) is 0 Å². The third-order valence-electron chi connectivity index (χ3n) is 2.85. The van der Waals surface area contributed by atoms with Gasteiger partial charge in [-0.3, -0.25) is 0 Å². The molecule has 1 saturated carbocycles. The molecular weight excluding hydrogens is 228 g/mol. The number of aromatic nitrogens is 1. The van der Waals surface area contributed by atoms with Gasteiger partial charge in [0.1, 0.15) is 10.6 Å². The third kappa shape index (κ3) is 1.99. The Labute approximate surface area is 95.5 Å². The van der Waals surface area contributed by atoms with Gasteiger partial charge in [-0.2, -0.15) is 0 Å². The number of rotatable bonds is 4. The van der Waals surface area contributed by atoms with Crippen molar-refractivity contribution < 1.29 is 12.9 Å². The van der Waals surface area contributed by atoms with Crippen molar-refractivity contribution in [3.63, 3.8) is 0 Å². The van der Waals surface area contributed by atoms with Crippen molar-refractivity contribution in [3.05, 3.63) is 11.5 Å². The van der Waals surface area contributed by atoms with Gasteiger partial charge in [0.15, 0.2) is 5.76 Å². The Balaban J connectivity index is 2.30. The molecule has 2 rings (SSSR count). The second-order valence-corrected chi connectivity index (χ2v) is 6.36. The minimum Gasteiger partial charge on any atom is -0.360 e. The fraction of sp³-hybridized carbons (Fsp3) is 0.700. The van der Waals surface area contributed by atoms with E-state index in [2.05, 4.69) is 5.16 Å².